The number of rotatable bonds is 11. The molecule has 0 N–H and O–H groups in total. The number of nitrogens with zero attached hydrogens (tertiary/aromatic N) is 5. The lowest BCUT2D eigenvalue weighted by Crippen LogP contribution is -2.30. The predicted molar refractivity (Wildman–Crippen MR) is 121 cm³/mol. The maximum atomic E-state index is 13.5. The van der Waals surface area contributed by atoms with E-state index in [-0.39, 0.29) is 18.1 Å². The second-order valence-corrected chi connectivity index (χ2v) is 9.48. The molecule has 0 spiro atoms. The summed E-state index contributed by atoms with van der Waals surface area (Å²) in [4.78, 5) is 2.00. The Kier molecular flexibility index (Phi) is 7.84. The molecule has 0 radical (unpaired) electrons. The number of sulfonamides is 1. The van der Waals surface area contributed by atoms with Gasteiger partial charge in [0.1, 0.15) is 11.5 Å². The lowest BCUT2D eigenvalue weighted by Gasteiger charge is -2.21. The Balaban J connectivity index is 1.88. The molecule has 172 valence electrons. The monoisotopic (exact) mass is 459 g/mol. The number of hydrogen-bond donors (Lipinski definition) is 0. The van der Waals surface area contributed by atoms with Crippen LogP contribution in [0.1, 0.15) is 11.1 Å². The highest BCUT2D eigenvalue weighted by Gasteiger charge is 2.28. The molecule has 0 amide bonds. The first-order chi connectivity index (χ1) is 15.3. The van der Waals surface area contributed by atoms with Gasteiger partial charge < -0.3 is 14.4 Å². The van der Waals surface area contributed by atoms with Crippen LogP contribution in [-0.2, 0) is 29.7 Å². The summed E-state index contributed by atoms with van der Waals surface area (Å²) in [7, 11) is 3.19. The van der Waals surface area contributed by atoms with E-state index in [1.807, 2.05) is 67.5 Å². The Hall–Kier alpha value is -2.95. The normalized spacial score (nSPS) is 11.8. The third-order valence-corrected chi connectivity index (χ3v) is 6.59. The molecule has 0 saturated carbocycles. The molecule has 0 atom stereocenters. The van der Waals surface area contributed by atoms with Gasteiger partial charge in [-0.1, -0.05) is 29.5 Å². The van der Waals surface area contributed by atoms with Crippen LogP contribution in [-0.4, -0.2) is 67.5 Å². The number of methoxy groups -OCH3 is 2. The van der Waals surface area contributed by atoms with E-state index in [4.69, 9.17) is 9.47 Å². The van der Waals surface area contributed by atoms with E-state index in [0.717, 1.165) is 17.7 Å². The van der Waals surface area contributed by atoms with E-state index in [2.05, 4.69) is 10.3 Å². The molecule has 0 saturated heterocycles. The van der Waals surface area contributed by atoms with Crippen molar-refractivity contribution in [3.8, 4) is 11.5 Å². The zero-order valence-electron chi connectivity index (χ0n) is 18.8. The van der Waals surface area contributed by atoms with E-state index in [9.17, 15) is 8.42 Å². The van der Waals surface area contributed by atoms with Crippen molar-refractivity contribution >= 4 is 10.0 Å². The van der Waals surface area contributed by atoms with Crippen molar-refractivity contribution in [1.82, 2.24) is 24.2 Å². The largest absolute Gasteiger partial charge is 0.497 e. The molecular weight excluding hydrogens is 430 g/mol. The first kappa shape index (κ1) is 23.7. The van der Waals surface area contributed by atoms with Gasteiger partial charge in [-0.25, -0.2) is 13.1 Å². The lowest BCUT2D eigenvalue weighted by atomic mass is 10.2. The summed E-state index contributed by atoms with van der Waals surface area (Å²) in [6.07, 6.45) is 1.48. The van der Waals surface area contributed by atoms with Crippen LogP contribution in [0.25, 0.3) is 0 Å². The van der Waals surface area contributed by atoms with Gasteiger partial charge in [-0.05, 0) is 49.5 Å². The topological polar surface area (TPSA) is 89.8 Å². The first-order valence-electron chi connectivity index (χ1n) is 10.1. The average Bonchev–Trinajstić information content (AvgIpc) is 3.28. The zero-order chi connectivity index (χ0) is 23.1. The van der Waals surface area contributed by atoms with Crippen molar-refractivity contribution in [2.24, 2.45) is 0 Å². The van der Waals surface area contributed by atoms with Crippen molar-refractivity contribution in [2.75, 3.05) is 34.9 Å². The van der Waals surface area contributed by atoms with Crippen LogP contribution in [0.2, 0.25) is 0 Å². The SMILES string of the molecule is COc1ccc(CN(Cc2ccc(OC)cc2)S(=O)(=O)c2cn(CCN(C)C)nn2)cc1. The van der Waals surface area contributed by atoms with Gasteiger partial charge in [-0.15, -0.1) is 5.10 Å². The smallest absolute Gasteiger partial charge is 0.264 e. The second kappa shape index (κ2) is 10.6. The molecule has 9 nitrogen and oxygen atoms in total. The maximum absolute atomic E-state index is 13.5. The molecule has 0 fully saturated rings. The summed E-state index contributed by atoms with van der Waals surface area (Å²) in [5.41, 5.74) is 1.67. The summed E-state index contributed by atoms with van der Waals surface area (Å²) in [5, 5.41) is 7.88. The fourth-order valence-corrected chi connectivity index (χ4v) is 4.34. The van der Waals surface area contributed by atoms with Crippen molar-refractivity contribution in [3.63, 3.8) is 0 Å². The molecule has 0 unspecified atom stereocenters. The molecule has 0 bridgehead atoms. The summed E-state index contributed by atoms with van der Waals surface area (Å²) >= 11 is 0. The molecule has 0 aliphatic heterocycles. The van der Waals surface area contributed by atoms with Crippen molar-refractivity contribution in [1.29, 1.82) is 0 Å². The summed E-state index contributed by atoms with van der Waals surface area (Å²) in [6.45, 7) is 1.64. The van der Waals surface area contributed by atoms with Gasteiger partial charge in [-0.3, -0.25) is 0 Å². The van der Waals surface area contributed by atoms with Crippen LogP contribution in [0.4, 0.5) is 0 Å². The highest BCUT2D eigenvalue weighted by Crippen LogP contribution is 2.22. The Morgan fingerprint density at radius 1 is 0.875 bits per heavy atom. The lowest BCUT2D eigenvalue weighted by molar-refractivity contribution is 0.370. The Morgan fingerprint density at radius 3 is 1.81 bits per heavy atom. The minimum atomic E-state index is -3.88. The van der Waals surface area contributed by atoms with E-state index in [1.165, 1.54) is 10.5 Å². The quantitative estimate of drug-likeness (QED) is 0.434. The highest BCUT2D eigenvalue weighted by molar-refractivity contribution is 7.89. The highest BCUT2D eigenvalue weighted by atomic mass is 32.2. The van der Waals surface area contributed by atoms with Crippen LogP contribution in [0.5, 0.6) is 11.5 Å². The summed E-state index contributed by atoms with van der Waals surface area (Å²) in [6, 6.07) is 14.6. The van der Waals surface area contributed by atoms with Gasteiger partial charge in [0.05, 0.1) is 27.0 Å². The van der Waals surface area contributed by atoms with Gasteiger partial charge in [-0.2, -0.15) is 4.31 Å². The fraction of sp³-hybridized carbons (Fsp3) is 0.364. The van der Waals surface area contributed by atoms with E-state index >= 15 is 0 Å². The van der Waals surface area contributed by atoms with Crippen LogP contribution in [0.3, 0.4) is 0 Å². The van der Waals surface area contributed by atoms with Crippen LogP contribution < -0.4 is 9.47 Å². The van der Waals surface area contributed by atoms with E-state index in [0.29, 0.717) is 18.0 Å². The van der Waals surface area contributed by atoms with Crippen molar-refractivity contribution in [3.05, 3.63) is 65.9 Å². The molecule has 3 aromatic rings. The van der Waals surface area contributed by atoms with E-state index < -0.39 is 10.0 Å². The van der Waals surface area contributed by atoms with Crippen molar-refractivity contribution in [2.45, 2.75) is 24.7 Å². The molecule has 0 aliphatic rings. The number of ether oxygens (including phenoxy) is 2. The number of aromatic nitrogens is 3. The fourth-order valence-electron chi connectivity index (χ4n) is 3.04. The molecular formula is C22H29N5O4S. The first-order valence-corrected chi connectivity index (χ1v) is 11.6. The third kappa shape index (κ3) is 6.06. The Bertz CT molecular complexity index is 1050. The van der Waals surface area contributed by atoms with Crippen LogP contribution >= 0.6 is 0 Å². The zero-order valence-corrected chi connectivity index (χ0v) is 19.6. The van der Waals surface area contributed by atoms with Gasteiger partial charge in [0.25, 0.3) is 10.0 Å². The average molecular weight is 460 g/mol. The number of hydrogen-bond acceptors (Lipinski definition) is 7. The van der Waals surface area contributed by atoms with Crippen LogP contribution in [0.15, 0.2) is 59.8 Å². The number of likely N-dealkylation sites (N-methyl/N-ethyl adjacent to an activating group) is 1. The number of benzene rings is 2. The molecule has 10 heteroatoms. The third-order valence-electron chi connectivity index (χ3n) is 4.93. The van der Waals surface area contributed by atoms with Crippen LogP contribution in [0, 0.1) is 0 Å². The maximum Gasteiger partial charge on any atom is 0.264 e. The summed E-state index contributed by atoms with van der Waals surface area (Å²) in [5.74, 6) is 1.42. The van der Waals surface area contributed by atoms with Gasteiger partial charge >= 0.3 is 0 Å². The Morgan fingerprint density at radius 2 is 1.38 bits per heavy atom. The molecule has 3 rings (SSSR count). The minimum absolute atomic E-state index is 0.0710. The van der Waals surface area contributed by atoms with E-state index in [1.54, 1.807) is 18.9 Å². The molecule has 2 aromatic carbocycles. The Labute approximate surface area is 189 Å². The molecule has 0 aliphatic carbocycles. The van der Waals surface area contributed by atoms with Crippen molar-refractivity contribution < 1.29 is 17.9 Å². The molecule has 32 heavy (non-hydrogen) atoms. The molecule has 1 heterocycles. The summed E-state index contributed by atoms with van der Waals surface area (Å²) < 4.78 is 40.3. The predicted octanol–water partition coefficient (Wildman–Crippen LogP) is 2.25. The van der Waals surface area contributed by atoms with Gasteiger partial charge in [0.15, 0.2) is 0 Å². The second-order valence-electron chi connectivity index (χ2n) is 7.59. The van der Waals surface area contributed by atoms with Gasteiger partial charge in [0.2, 0.25) is 5.03 Å². The minimum Gasteiger partial charge on any atom is -0.497 e. The standard InChI is InChI=1S/C22H29N5O4S/c1-25(2)13-14-26-17-22(23-24-26)32(28,29)27(15-18-5-9-20(30-3)10-6-18)16-19-7-11-21(31-4)12-8-19/h5-12,17H,13-16H2,1-4H3. The molecule has 1 aromatic heterocycles. The van der Waals surface area contributed by atoms with Gasteiger partial charge in [0, 0.05) is 19.6 Å².